The Balaban J connectivity index is 1.64. The van der Waals surface area contributed by atoms with Gasteiger partial charge in [0.15, 0.2) is 5.16 Å². The Morgan fingerprint density at radius 3 is 2.70 bits per heavy atom. The SMILES string of the molecule is C=CCn1c(CSc2ccc(C)cc2)nnc1SC(C)C(=O)Nc1nnc(CC)s1. The van der Waals surface area contributed by atoms with Gasteiger partial charge in [0.25, 0.3) is 0 Å². The van der Waals surface area contributed by atoms with Crippen LogP contribution in [0.2, 0.25) is 0 Å². The lowest BCUT2D eigenvalue weighted by Crippen LogP contribution is -2.23. The van der Waals surface area contributed by atoms with Crippen LogP contribution >= 0.6 is 34.9 Å². The van der Waals surface area contributed by atoms with Gasteiger partial charge in [-0.15, -0.1) is 38.7 Å². The third kappa shape index (κ3) is 5.93. The summed E-state index contributed by atoms with van der Waals surface area (Å²) in [5.74, 6) is 1.41. The maximum absolute atomic E-state index is 12.6. The number of rotatable bonds is 10. The lowest BCUT2D eigenvalue weighted by molar-refractivity contribution is -0.115. The third-order valence-electron chi connectivity index (χ3n) is 4.14. The van der Waals surface area contributed by atoms with Gasteiger partial charge in [-0.25, -0.2) is 0 Å². The van der Waals surface area contributed by atoms with Crippen LogP contribution in [0.4, 0.5) is 5.13 Å². The molecule has 7 nitrogen and oxygen atoms in total. The quantitative estimate of drug-likeness (QED) is 0.350. The van der Waals surface area contributed by atoms with E-state index in [1.54, 1.807) is 11.8 Å². The van der Waals surface area contributed by atoms with Gasteiger partial charge in [-0.1, -0.05) is 53.8 Å². The van der Waals surface area contributed by atoms with E-state index in [0.717, 1.165) is 17.3 Å². The summed E-state index contributed by atoms with van der Waals surface area (Å²) in [4.78, 5) is 13.7. The van der Waals surface area contributed by atoms with Gasteiger partial charge in [-0.2, -0.15) is 0 Å². The Morgan fingerprint density at radius 2 is 2.03 bits per heavy atom. The number of nitrogens with zero attached hydrogens (tertiary/aromatic N) is 5. The number of nitrogens with one attached hydrogen (secondary N) is 1. The molecule has 3 aromatic rings. The summed E-state index contributed by atoms with van der Waals surface area (Å²) in [6.45, 7) is 10.3. The number of carbonyl (C=O) groups excluding carboxylic acids is 1. The first kappa shape index (κ1) is 22.5. The largest absolute Gasteiger partial charge is 0.301 e. The van der Waals surface area contributed by atoms with Crippen molar-refractivity contribution in [1.29, 1.82) is 0 Å². The van der Waals surface area contributed by atoms with E-state index in [0.29, 0.717) is 22.6 Å². The molecule has 1 amide bonds. The van der Waals surface area contributed by atoms with Crippen molar-refractivity contribution in [3.05, 3.63) is 53.3 Å². The standard InChI is InChI=1S/C20H24N6OS3/c1-5-11-26-16(12-28-15-9-7-13(3)8-10-15)22-25-20(26)29-14(4)18(27)21-19-24-23-17(6-2)30-19/h5,7-10,14H,1,6,11-12H2,2-4H3,(H,21,24,27). The van der Waals surface area contributed by atoms with Crippen LogP contribution in [0.3, 0.4) is 0 Å². The molecule has 0 fully saturated rings. The number of anilines is 1. The van der Waals surface area contributed by atoms with E-state index in [1.807, 2.05) is 24.5 Å². The number of aromatic nitrogens is 5. The second-order valence-electron chi connectivity index (χ2n) is 6.50. The Morgan fingerprint density at radius 1 is 1.27 bits per heavy atom. The van der Waals surface area contributed by atoms with Crippen LogP contribution in [0.15, 0.2) is 47.0 Å². The summed E-state index contributed by atoms with van der Waals surface area (Å²) < 4.78 is 2.00. The van der Waals surface area contributed by atoms with Crippen LogP contribution in [-0.2, 0) is 23.5 Å². The number of amides is 1. The average molecular weight is 461 g/mol. The summed E-state index contributed by atoms with van der Waals surface area (Å²) in [6.07, 6.45) is 2.61. The minimum absolute atomic E-state index is 0.137. The molecule has 0 aliphatic rings. The molecule has 1 aromatic carbocycles. The highest BCUT2D eigenvalue weighted by Gasteiger charge is 2.21. The highest BCUT2D eigenvalue weighted by molar-refractivity contribution is 8.00. The molecule has 2 aromatic heterocycles. The zero-order chi connectivity index (χ0) is 21.5. The summed E-state index contributed by atoms with van der Waals surface area (Å²) in [7, 11) is 0. The van der Waals surface area contributed by atoms with E-state index < -0.39 is 0 Å². The molecule has 158 valence electrons. The lowest BCUT2D eigenvalue weighted by atomic mass is 10.2. The number of hydrogen-bond acceptors (Lipinski definition) is 8. The monoisotopic (exact) mass is 460 g/mol. The van der Waals surface area contributed by atoms with Crippen LogP contribution in [0.5, 0.6) is 0 Å². The number of thioether (sulfide) groups is 2. The van der Waals surface area contributed by atoms with Gasteiger partial charge in [-0.05, 0) is 32.4 Å². The van der Waals surface area contributed by atoms with Gasteiger partial charge in [0.2, 0.25) is 11.0 Å². The van der Waals surface area contributed by atoms with Gasteiger partial charge >= 0.3 is 0 Å². The fraction of sp³-hybridized carbons (Fsp3) is 0.350. The minimum atomic E-state index is -0.357. The number of carbonyl (C=O) groups is 1. The number of benzene rings is 1. The van der Waals surface area contributed by atoms with Crippen LogP contribution in [0.25, 0.3) is 0 Å². The van der Waals surface area contributed by atoms with Crippen molar-refractivity contribution in [1.82, 2.24) is 25.0 Å². The van der Waals surface area contributed by atoms with Crippen molar-refractivity contribution in [2.75, 3.05) is 5.32 Å². The second kappa shape index (κ2) is 10.7. The first-order valence-electron chi connectivity index (χ1n) is 9.52. The zero-order valence-electron chi connectivity index (χ0n) is 17.2. The van der Waals surface area contributed by atoms with Crippen LogP contribution in [0, 0.1) is 6.92 Å². The van der Waals surface area contributed by atoms with Gasteiger partial charge in [-0.3, -0.25) is 10.1 Å². The predicted octanol–water partition coefficient (Wildman–Crippen LogP) is 4.60. The van der Waals surface area contributed by atoms with E-state index in [-0.39, 0.29) is 11.2 Å². The third-order valence-corrected chi connectivity index (χ3v) is 7.22. The van der Waals surface area contributed by atoms with Crippen molar-refractivity contribution in [3.8, 4) is 0 Å². The maximum atomic E-state index is 12.6. The average Bonchev–Trinajstić information content (AvgIpc) is 3.35. The molecule has 1 unspecified atom stereocenters. The zero-order valence-corrected chi connectivity index (χ0v) is 19.6. The highest BCUT2D eigenvalue weighted by Crippen LogP contribution is 2.27. The fourth-order valence-corrected chi connectivity index (χ4v) is 4.87. The van der Waals surface area contributed by atoms with Gasteiger partial charge < -0.3 is 4.57 Å². The molecule has 1 atom stereocenters. The Labute approximate surface area is 188 Å². The molecule has 0 radical (unpaired) electrons. The van der Waals surface area contributed by atoms with E-state index in [4.69, 9.17) is 0 Å². The second-order valence-corrected chi connectivity index (χ2v) is 9.92. The Kier molecular flexibility index (Phi) is 8.06. The van der Waals surface area contributed by atoms with E-state index in [1.165, 1.54) is 33.6 Å². The maximum Gasteiger partial charge on any atom is 0.239 e. The van der Waals surface area contributed by atoms with Crippen molar-refractivity contribution >= 4 is 45.9 Å². The molecule has 0 aliphatic heterocycles. The molecule has 10 heteroatoms. The van der Waals surface area contributed by atoms with E-state index in [2.05, 4.69) is 63.5 Å². The first-order valence-corrected chi connectivity index (χ1v) is 12.2. The molecular formula is C20H24N6OS3. The molecule has 1 N–H and O–H groups in total. The predicted molar refractivity (Wildman–Crippen MR) is 124 cm³/mol. The summed E-state index contributed by atoms with van der Waals surface area (Å²) >= 11 is 4.47. The van der Waals surface area contributed by atoms with Crippen molar-refractivity contribution in [2.24, 2.45) is 0 Å². The Bertz CT molecular complexity index is 998. The lowest BCUT2D eigenvalue weighted by Gasteiger charge is -2.11. The topological polar surface area (TPSA) is 85.6 Å². The first-order chi connectivity index (χ1) is 14.5. The summed E-state index contributed by atoms with van der Waals surface area (Å²) in [5, 5.41) is 21.3. The summed E-state index contributed by atoms with van der Waals surface area (Å²) in [6, 6.07) is 8.40. The molecular weight excluding hydrogens is 436 g/mol. The molecule has 0 saturated carbocycles. The van der Waals surface area contributed by atoms with Crippen molar-refractivity contribution < 1.29 is 4.79 Å². The fourth-order valence-electron chi connectivity index (χ4n) is 2.47. The van der Waals surface area contributed by atoms with Crippen molar-refractivity contribution in [2.45, 2.75) is 54.8 Å². The van der Waals surface area contributed by atoms with Crippen LogP contribution < -0.4 is 5.32 Å². The number of aryl methyl sites for hydroxylation is 2. The number of allylic oxidation sites excluding steroid dienone is 1. The highest BCUT2D eigenvalue weighted by atomic mass is 32.2. The normalized spacial score (nSPS) is 12.0. The molecule has 3 rings (SSSR count). The van der Waals surface area contributed by atoms with Gasteiger partial charge in [0.05, 0.1) is 11.0 Å². The molecule has 30 heavy (non-hydrogen) atoms. The molecule has 0 aliphatic carbocycles. The van der Waals surface area contributed by atoms with Crippen LogP contribution in [0.1, 0.15) is 30.2 Å². The molecule has 0 spiro atoms. The van der Waals surface area contributed by atoms with Crippen molar-refractivity contribution in [3.63, 3.8) is 0 Å². The van der Waals surface area contributed by atoms with E-state index >= 15 is 0 Å². The summed E-state index contributed by atoms with van der Waals surface area (Å²) in [5.41, 5.74) is 1.24. The van der Waals surface area contributed by atoms with E-state index in [9.17, 15) is 4.79 Å². The van der Waals surface area contributed by atoms with Crippen LogP contribution in [-0.4, -0.2) is 36.1 Å². The molecule has 0 bridgehead atoms. The van der Waals surface area contributed by atoms with Gasteiger partial charge in [0.1, 0.15) is 10.8 Å². The minimum Gasteiger partial charge on any atom is -0.301 e. The smallest absolute Gasteiger partial charge is 0.239 e. The number of hydrogen-bond donors (Lipinski definition) is 1. The molecule has 0 saturated heterocycles. The van der Waals surface area contributed by atoms with Gasteiger partial charge in [0, 0.05) is 11.4 Å². The Hall–Kier alpha value is -2.17. The molecule has 2 heterocycles.